The summed E-state index contributed by atoms with van der Waals surface area (Å²) in [5.41, 5.74) is 8.50. The average molecular weight is 180 g/mol. The lowest BCUT2D eigenvalue weighted by atomic mass is 10.4. The Morgan fingerprint density at radius 1 is 1.58 bits per heavy atom. The molecule has 6 heteroatoms. The van der Waals surface area contributed by atoms with Crippen molar-refractivity contribution in [3.8, 4) is 0 Å². The van der Waals surface area contributed by atoms with Gasteiger partial charge in [0.15, 0.2) is 0 Å². The molecule has 74 valence electrons. The lowest BCUT2D eigenvalue weighted by Gasteiger charge is -2.04. The largest absolute Gasteiger partial charge is 0.394 e. The lowest BCUT2D eigenvalue weighted by molar-refractivity contribution is 0.0104. The number of nitrogens with two attached hydrogens (primary N) is 2. The second-order valence-corrected chi connectivity index (χ2v) is 1.90. The van der Waals surface area contributed by atoms with Crippen molar-refractivity contribution in [2.75, 3.05) is 19.8 Å². The maximum atomic E-state index is 9.00. The second kappa shape index (κ2) is 10.2. The highest BCUT2D eigenvalue weighted by atomic mass is 16.5. The van der Waals surface area contributed by atoms with Gasteiger partial charge < -0.3 is 26.4 Å². The molecule has 0 aliphatic rings. The zero-order valence-electron chi connectivity index (χ0n) is 7.06. The van der Waals surface area contributed by atoms with E-state index in [1.54, 1.807) is 0 Å². The molecule has 0 spiro atoms. The highest BCUT2D eigenvalue weighted by Crippen LogP contribution is 1.81. The Kier molecular flexibility index (Phi) is 11.6. The molecule has 0 fully saturated rings. The van der Waals surface area contributed by atoms with Crippen molar-refractivity contribution in [3.63, 3.8) is 0 Å². The number of carbonyl (C=O) groups is 1. The van der Waals surface area contributed by atoms with E-state index in [-0.39, 0.29) is 13.2 Å². The molecule has 0 heterocycles. The van der Waals surface area contributed by atoms with Crippen LogP contribution in [0.4, 0.5) is 4.79 Å². The van der Waals surface area contributed by atoms with E-state index in [0.29, 0.717) is 6.61 Å². The standard InChI is InChI=1S/C5H12O3.CH4N2O/c1-2-8-4-5(7)3-6;2-1(3)4/h5-7H,2-4H2,1H3;(H4,2,3,4). The Labute approximate surface area is 71.1 Å². The van der Waals surface area contributed by atoms with Crippen molar-refractivity contribution in [3.05, 3.63) is 0 Å². The van der Waals surface area contributed by atoms with Crippen LogP contribution < -0.4 is 11.5 Å². The van der Waals surface area contributed by atoms with Crippen LogP contribution in [0.5, 0.6) is 0 Å². The molecule has 0 aliphatic carbocycles. The third kappa shape index (κ3) is 22.9. The molecule has 12 heavy (non-hydrogen) atoms. The number of amides is 2. The van der Waals surface area contributed by atoms with Gasteiger partial charge in [-0.1, -0.05) is 0 Å². The number of hydrogen-bond acceptors (Lipinski definition) is 4. The van der Waals surface area contributed by atoms with E-state index in [9.17, 15) is 0 Å². The van der Waals surface area contributed by atoms with Crippen LogP contribution in [-0.2, 0) is 4.74 Å². The first kappa shape index (κ1) is 13.7. The fourth-order valence-electron chi connectivity index (χ4n) is 0.307. The molecular weight excluding hydrogens is 164 g/mol. The summed E-state index contributed by atoms with van der Waals surface area (Å²) in [4.78, 5) is 9.00. The minimum Gasteiger partial charge on any atom is -0.394 e. The molecular formula is C6H16N2O4. The first-order valence-electron chi connectivity index (χ1n) is 3.46. The van der Waals surface area contributed by atoms with Crippen molar-refractivity contribution in [2.45, 2.75) is 13.0 Å². The quantitative estimate of drug-likeness (QED) is 0.416. The van der Waals surface area contributed by atoms with E-state index in [1.165, 1.54) is 0 Å². The SMILES string of the molecule is CCOCC(O)CO.NC(N)=O. The van der Waals surface area contributed by atoms with Crippen LogP contribution in [0.25, 0.3) is 0 Å². The minimum absolute atomic E-state index is 0.222. The Balaban J connectivity index is 0. The zero-order chi connectivity index (χ0) is 9.98. The summed E-state index contributed by atoms with van der Waals surface area (Å²) in [6, 6.07) is -0.833. The van der Waals surface area contributed by atoms with Gasteiger partial charge in [0.25, 0.3) is 0 Å². The zero-order valence-corrected chi connectivity index (χ0v) is 7.06. The summed E-state index contributed by atoms with van der Waals surface area (Å²) in [5, 5.41) is 16.8. The van der Waals surface area contributed by atoms with E-state index in [1.807, 2.05) is 6.92 Å². The molecule has 0 aromatic rings. The number of ether oxygens (including phenoxy) is 1. The van der Waals surface area contributed by atoms with Crippen molar-refractivity contribution >= 4 is 6.03 Å². The highest BCUT2D eigenvalue weighted by Gasteiger charge is 1.98. The number of carbonyl (C=O) groups excluding carboxylic acids is 1. The van der Waals surface area contributed by atoms with Gasteiger partial charge in [-0.3, -0.25) is 0 Å². The first-order valence-corrected chi connectivity index (χ1v) is 3.46. The topological polar surface area (TPSA) is 119 Å². The summed E-state index contributed by atoms with van der Waals surface area (Å²) in [5.74, 6) is 0. The number of aliphatic hydroxyl groups excluding tert-OH is 2. The van der Waals surface area contributed by atoms with Crippen molar-refractivity contribution < 1.29 is 19.7 Å². The summed E-state index contributed by atoms with van der Waals surface area (Å²) < 4.78 is 4.78. The first-order chi connectivity index (χ1) is 5.54. The Bertz CT molecular complexity index is 106. The third-order valence-electron chi connectivity index (χ3n) is 0.725. The van der Waals surface area contributed by atoms with E-state index >= 15 is 0 Å². The molecule has 0 saturated heterocycles. The number of aliphatic hydroxyl groups is 2. The maximum Gasteiger partial charge on any atom is 0.309 e. The predicted molar refractivity (Wildman–Crippen MR) is 43.4 cm³/mol. The van der Waals surface area contributed by atoms with Crippen LogP contribution in [0, 0.1) is 0 Å². The molecule has 6 nitrogen and oxygen atoms in total. The van der Waals surface area contributed by atoms with Crippen molar-refractivity contribution in [1.82, 2.24) is 0 Å². The molecule has 0 bridgehead atoms. The summed E-state index contributed by atoms with van der Waals surface area (Å²) in [6.07, 6.45) is -0.713. The molecule has 0 aliphatic heterocycles. The number of urea groups is 1. The van der Waals surface area contributed by atoms with Crippen molar-refractivity contribution in [2.24, 2.45) is 11.5 Å². The van der Waals surface area contributed by atoms with Crippen LogP contribution in [0.2, 0.25) is 0 Å². The predicted octanol–water partition coefficient (Wildman–Crippen LogP) is -1.60. The van der Waals surface area contributed by atoms with Gasteiger partial charge >= 0.3 is 6.03 Å². The number of rotatable bonds is 4. The van der Waals surface area contributed by atoms with E-state index in [0.717, 1.165) is 0 Å². The van der Waals surface area contributed by atoms with Gasteiger partial charge in [0.2, 0.25) is 0 Å². The van der Waals surface area contributed by atoms with Gasteiger partial charge in [-0.25, -0.2) is 4.79 Å². The van der Waals surface area contributed by atoms with E-state index < -0.39 is 12.1 Å². The summed E-state index contributed by atoms with van der Waals surface area (Å²) in [6.45, 7) is 2.42. The summed E-state index contributed by atoms with van der Waals surface area (Å²) in [7, 11) is 0. The number of primary amides is 2. The molecule has 0 aromatic heterocycles. The molecule has 0 aromatic carbocycles. The Morgan fingerprint density at radius 2 is 2.00 bits per heavy atom. The van der Waals surface area contributed by atoms with Gasteiger partial charge in [-0.15, -0.1) is 0 Å². The Hall–Kier alpha value is -0.850. The average Bonchev–Trinajstić information content (AvgIpc) is 1.99. The smallest absolute Gasteiger partial charge is 0.309 e. The van der Waals surface area contributed by atoms with Crippen LogP contribution in [0.3, 0.4) is 0 Å². The second-order valence-electron chi connectivity index (χ2n) is 1.90. The fourth-order valence-corrected chi connectivity index (χ4v) is 0.307. The molecule has 1 unspecified atom stereocenters. The van der Waals surface area contributed by atoms with Gasteiger partial charge in [-0.05, 0) is 6.92 Å². The minimum atomic E-state index is -0.833. The highest BCUT2D eigenvalue weighted by molar-refractivity contribution is 5.69. The lowest BCUT2D eigenvalue weighted by Crippen LogP contribution is -2.19. The molecule has 0 rings (SSSR count). The van der Waals surface area contributed by atoms with Gasteiger partial charge in [0.05, 0.1) is 13.2 Å². The molecule has 1 atom stereocenters. The molecule has 0 saturated carbocycles. The normalized spacial score (nSPS) is 11.2. The van der Waals surface area contributed by atoms with Gasteiger partial charge in [-0.2, -0.15) is 0 Å². The van der Waals surface area contributed by atoms with Crippen molar-refractivity contribution in [1.29, 1.82) is 0 Å². The third-order valence-corrected chi connectivity index (χ3v) is 0.725. The van der Waals surface area contributed by atoms with Crippen LogP contribution in [-0.4, -0.2) is 42.2 Å². The van der Waals surface area contributed by atoms with Crippen LogP contribution in [0.15, 0.2) is 0 Å². The monoisotopic (exact) mass is 180 g/mol. The Morgan fingerprint density at radius 3 is 2.25 bits per heavy atom. The van der Waals surface area contributed by atoms with Gasteiger partial charge in [0.1, 0.15) is 6.10 Å². The number of hydrogen-bond donors (Lipinski definition) is 4. The molecule has 6 N–H and O–H groups in total. The van der Waals surface area contributed by atoms with Crippen LogP contribution >= 0.6 is 0 Å². The van der Waals surface area contributed by atoms with Gasteiger partial charge in [0, 0.05) is 6.61 Å². The van der Waals surface area contributed by atoms with E-state index in [2.05, 4.69) is 11.5 Å². The summed E-state index contributed by atoms with van der Waals surface area (Å²) >= 11 is 0. The van der Waals surface area contributed by atoms with Crippen LogP contribution in [0.1, 0.15) is 6.92 Å². The molecule has 2 amide bonds. The maximum absolute atomic E-state index is 9.00. The van der Waals surface area contributed by atoms with E-state index in [4.69, 9.17) is 19.7 Å². The fraction of sp³-hybridized carbons (Fsp3) is 0.833. The molecule has 0 radical (unpaired) electrons.